The molecule has 0 radical (unpaired) electrons. The van der Waals surface area contributed by atoms with Crippen molar-refractivity contribution >= 4 is 11.6 Å². The number of hydrogen-bond acceptors (Lipinski definition) is 5. The van der Waals surface area contributed by atoms with Crippen molar-refractivity contribution in [3.8, 4) is 22.8 Å². The molecule has 0 aliphatic carbocycles. The number of carbonyl (C=O) groups is 1. The summed E-state index contributed by atoms with van der Waals surface area (Å²) in [6.45, 7) is 0. The van der Waals surface area contributed by atoms with Gasteiger partial charge in [0.1, 0.15) is 0 Å². The molecule has 3 aromatic rings. The molecule has 1 N–H and O–H groups in total. The minimum Gasteiger partial charge on any atom is -0.493 e. The summed E-state index contributed by atoms with van der Waals surface area (Å²) in [6.07, 6.45) is -3.44. The lowest BCUT2D eigenvalue weighted by molar-refractivity contribution is -0.137. The van der Waals surface area contributed by atoms with Crippen molar-refractivity contribution in [2.45, 2.75) is 6.18 Å². The van der Waals surface area contributed by atoms with Crippen LogP contribution in [0.2, 0.25) is 0 Å². The minimum absolute atomic E-state index is 0.0129. The van der Waals surface area contributed by atoms with E-state index in [4.69, 9.17) is 13.9 Å². The number of hydrogen-bond donors (Lipinski definition) is 1. The molecule has 0 unspecified atom stereocenters. The molecule has 2 aromatic carbocycles. The maximum Gasteiger partial charge on any atom is 0.416 e. The number of amides is 1. The largest absolute Gasteiger partial charge is 0.493 e. The van der Waals surface area contributed by atoms with Crippen molar-refractivity contribution in [2.24, 2.45) is 0 Å². The van der Waals surface area contributed by atoms with Crippen LogP contribution in [0.15, 0.2) is 53.3 Å². The Kier molecular flexibility index (Phi) is 5.25. The Balaban J connectivity index is 1.89. The predicted octanol–water partition coefficient (Wildman–Crippen LogP) is 4.63. The number of ether oxygens (including phenoxy) is 2. The Morgan fingerprint density at radius 1 is 1.07 bits per heavy atom. The smallest absolute Gasteiger partial charge is 0.416 e. The average molecular weight is 392 g/mol. The molecule has 0 fully saturated rings. The second-order valence-electron chi connectivity index (χ2n) is 5.63. The van der Waals surface area contributed by atoms with Gasteiger partial charge in [0.15, 0.2) is 29.3 Å². The minimum atomic E-state index is -4.51. The fourth-order valence-electron chi connectivity index (χ4n) is 2.55. The van der Waals surface area contributed by atoms with Crippen LogP contribution < -0.4 is 14.8 Å². The first kappa shape index (κ1) is 19.3. The zero-order valence-electron chi connectivity index (χ0n) is 14.8. The molecule has 0 aliphatic heterocycles. The van der Waals surface area contributed by atoms with Gasteiger partial charge in [0, 0.05) is 11.3 Å². The number of methoxy groups -OCH3 is 2. The van der Waals surface area contributed by atoms with Crippen LogP contribution in [-0.4, -0.2) is 25.1 Å². The van der Waals surface area contributed by atoms with Crippen LogP contribution in [0.4, 0.5) is 18.9 Å². The number of halogens is 3. The monoisotopic (exact) mass is 392 g/mol. The van der Waals surface area contributed by atoms with Gasteiger partial charge in [-0.05, 0) is 36.4 Å². The van der Waals surface area contributed by atoms with Crippen molar-refractivity contribution in [3.05, 3.63) is 60.1 Å². The Hall–Kier alpha value is -3.49. The first-order valence-corrected chi connectivity index (χ1v) is 7.98. The molecule has 0 saturated heterocycles. The molecule has 28 heavy (non-hydrogen) atoms. The van der Waals surface area contributed by atoms with E-state index >= 15 is 0 Å². The molecule has 0 aliphatic rings. The number of rotatable bonds is 5. The maximum atomic E-state index is 12.8. The van der Waals surface area contributed by atoms with Gasteiger partial charge in [0.2, 0.25) is 0 Å². The molecule has 3 rings (SSSR count). The van der Waals surface area contributed by atoms with E-state index in [2.05, 4.69) is 10.3 Å². The summed E-state index contributed by atoms with van der Waals surface area (Å²) < 4.78 is 54.2. The molecule has 0 saturated carbocycles. The van der Waals surface area contributed by atoms with Gasteiger partial charge in [-0.3, -0.25) is 4.79 Å². The van der Waals surface area contributed by atoms with Crippen molar-refractivity contribution in [2.75, 3.05) is 19.5 Å². The molecule has 9 heteroatoms. The maximum absolute atomic E-state index is 12.8. The highest BCUT2D eigenvalue weighted by molar-refractivity contribution is 6.06. The van der Waals surface area contributed by atoms with Crippen LogP contribution in [0.1, 0.15) is 16.1 Å². The van der Waals surface area contributed by atoms with E-state index in [0.29, 0.717) is 17.1 Å². The fourth-order valence-corrected chi connectivity index (χ4v) is 2.55. The Bertz CT molecular complexity index is 999. The molecule has 1 aromatic heterocycles. The van der Waals surface area contributed by atoms with E-state index in [0.717, 1.165) is 18.5 Å². The van der Waals surface area contributed by atoms with Crippen molar-refractivity contribution in [1.29, 1.82) is 0 Å². The fraction of sp³-hybridized carbons (Fsp3) is 0.158. The zero-order chi connectivity index (χ0) is 20.3. The summed E-state index contributed by atoms with van der Waals surface area (Å²) in [5, 5.41) is 2.40. The third kappa shape index (κ3) is 3.93. The van der Waals surface area contributed by atoms with E-state index in [1.54, 1.807) is 18.2 Å². The van der Waals surface area contributed by atoms with Crippen molar-refractivity contribution in [1.82, 2.24) is 4.98 Å². The van der Waals surface area contributed by atoms with Gasteiger partial charge in [-0.2, -0.15) is 13.2 Å². The van der Waals surface area contributed by atoms with Gasteiger partial charge in [0.05, 0.1) is 19.8 Å². The topological polar surface area (TPSA) is 73.6 Å². The summed E-state index contributed by atoms with van der Waals surface area (Å²) in [5.41, 5.74) is -0.472. The zero-order valence-corrected chi connectivity index (χ0v) is 14.8. The summed E-state index contributed by atoms with van der Waals surface area (Å²) in [7, 11) is 2.95. The van der Waals surface area contributed by atoms with Crippen LogP contribution in [0.3, 0.4) is 0 Å². The first-order chi connectivity index (χ1) is 13.3. The quantitative estimate of drug-likeness (QED) is 0.685. The number of alkyl halides is 3. The molecular weight excluding hydrogens is 377 g/mol. The Morgan fingerprint density at radius 3 is 2.50 bits per heavy atom. The molecule has 1 heterocycles. The standard InChI is InChI=1S/C19H15F3N2O4/c1-26-14-7-6-11(8-15(14)27-2)17-16(23-10-28-17)18(25)24-13-5-3-4-12(9-13)19(20,21)22/h3-10H,1-2H3,(H,24,25). The second-order valence-corrected chi connectivity index (χ2v) is 5.63. The predicted molar refractivity (Wildman–Crippen MR) is 94.4 cm³/mol. The molecule has 146 valence electrons. The lowest BCUT2D eigenvalue weighted by Crippen LogP contribution is -2.14. The van der Waals surface area contributed by atoms with E-state index in [1.165, 1.54) is 26.4 Å². The van der Waals surface area contributed by atoms with Gasteiger partial charge >= 0.3 is 6.18 Å². The Morgan fingerprint density at radius 2 is 1.82 bits per heavy atom. The van der Waals surface area contributed by atoms with Crippen molar-refractivity contribution < 1.29 is 31.9 Å². The lowest BCUT2D eigenvalue weighted by Gasteiger charge is -2.10. The molecule has 0 bridgehead atoms. The summed E-state index contributed by atoms with van der Waals surface area (Å²) in [6, 6.07) is 9.18. The van der Waals surface area contributed by atoms with Crippen LogP contribution in [0.25, 0.3) is 11.3 Å². The number of oxazole rings is 1. The highest BCUT2D eigenvalue weighted by Gasteiger charge is 2.30. The SMILES string of the molecule is COc1ccc(-c2ocnc2C(=O)Nc2cccc(C(F)(F)F)c2)cc1OC. The highest BCUT2D eigenvalue weighted by Crippen LogP contribution is 2.34. The van der Waals surface area contributed by atoms with Crippen LogP contribution in [0, 0.1) is 0 Å². The van der Waals surface area contributed by atoms with Gasteiger partial charge in [-0.1, -0.05) is 6.07 Å². The summed E-state index contributed by atoms with van der Waals surface area (Å²) in [4.78, 5) is 16.4. The summed E-state index contributed by atoms with van der Waals surface area (Å²) in [5.74, 6) is 0.338. The summed E-state index contributed by atoms with van der Waals surface area (Å²) >= 11 is 0. The van der Waals surface area contributed by atoms with Gasteiger partial charge < -0.3 is 19.2 Å². The first-order valence-electron chi connectivity index (χ1n) is 7.98. The second kappa shape index (κ2) is 7.63. The Labute approximate surface area is 157 Å². The van der Waals surface area contributed by atoms with E-state index < -0.39 is 17.6 Å². The van der Waals surface area contributed by atoms with Gasteiger partial charge in [0.25, 0.3) is 5.91 Å². The molecule has 6 nitrogen and oxygen atoms in total. The number of nitrogens with zero attached hydrogens (tertiary/aromatic N) is 1. The number of anilines is 1. The van der Waals surface area contributed by atoms with Gasteiger partial charge in [-0.25, -0.2) is 4.98 Å². The number of benzene rings is 2. The molecule has 0 spiro atoms. The van der Waals surface area contributed by atoms with E-state index in [-0.39, 0.29) is 17.1 Å². The number of carbonyl (C=O) groups excluding carboxylic acids is 1. The van der Waals surface area contributed by atoms with E-state index in [1.807, 2.05) is 0 Å². The van der Waals surface area contributed by atoms with Crippen LogP contribution in [0.5, 0.6) is 11.5 Å². The third-order valence-corrected chi connectivity index (χ3v) is 3.88. The number of aromatic nitrogens is 1. The van der Waals surface area contributed by atoms with Crippen LogP contribution >= 0.6 is 0 Å². The molecule has 1 amide bonds. The van der Waals surface area contributed by atoms with E-state index in [9.17, 15) is 18.0 Å². The van der Waals surface area contributed by atoms with Crippen LogP contribution in [-0.2, 0) is 6.18 Å². The van der Waals surface area contributed by atoms with Gasteiger partial charge in [-0.15, -0.1) is 0 Å². The van der Waals surface area contributed by atoms with Crippen molar-refractivity contribution in [3.63, 3.8) is 0 Å². The number of nitrogens with one attached hydrogen (secondary N) is 1. The molecule has 0 atom stereocenters. The normalized spacial score (nSPS) is 11.2. The lowest BCUT2D eigenvalue weighted by atomic mass is 10.1. The molecular formula is C19H15F3N2O4. The highest BCUT2D eigenvalue weighted by atomic mass is 19.4. The average Bonchev–Trinajstić information content (AvgIpc) is 3.17. The third-order valence-electron chi connectivity index (χ3n) is 3.88.